The number of hydrogen-bond donors (Lipinski definition) is 0. The van der Waals surface area contributed by atoms with Crippen LogP contribution in [-0.2, 0) is 0 Å². The molecule has 0 saturated heterocycles. The van der Waals surface area contributed by atoms with Crippen LogP contribution in [0.1, 0.15) is 16.7 Å². The normalized spacial score (nSPS) is 10.6. The van der Waals surface area contributed by atoms with Gasteiger partial charge >= 0.3 is 0 Å². The third kappa shape index (κ3) is 2.79. The van der Waals surface area contributed by atoms with Gasteiger partial charge < -0.3 is 0 Å². The summed E-state index contributed by atoms with van der Waals surface area (Å²) >= 11 is 7.61. The van der Waals surface area contributed by atoms with E-state index in [0.717, 1.165) is 10.6 Å². The Morgan fingerprint density at radius 2 is 1.88 bits per heavy atom. The second-order valence-corrected chi connectivity index (χ2v) is 5.35. The molecule has 0 bridgehead atoms. The number of aryl methyl sites for hydroxylation is 2. The minimum absolute atomic E-state index is 0.521. The van der Waals surface area contributed by atoms with E-state index in [9.17, 15) is 0 Å². The smallest absolute Gasteiger partial charge is 0.136 e. The van der Waals surface area contributed by atoms with Gasteiger partial charge in [-0.15, -0.1) is 0 Å². The van der Waals surface area contributed by atoms with E-state index in [1.165, 1.54) is 22.3 Å². The highest BCUT2D eigenvalue weighted by molar-refractivity contribution is 7.99. The molecule has 0 atom stereocenters. The second kappa shape index (κ2) is 5.07. The molecule has 0 spiro atoms. The van der Waals surface area contributed by atoms with Crippen molar-refractivity contribution < 1.29 is 0 Å². The first-order valence-corrected chi connectivity index (χ1v) is 6.49. The Kier molecular flexibility index (Phi) is 3.69. The van der Waals surface area contributed by atoms with Gasteiger partial charge in [-0.05, 0) is 32.4 Å². The van der Waals surface area contributed by atoms with Crippen LogP contribution in [-0.4, -0.2) is 9.97 Å². The Morgan fingerprint density at radius 3 is 2.59 bits per heavy atom. The van der Waals surface area contributed by atoms with Gasteiger partial charge in [0.15, 0.2) is 0 Å². The van der Waals surface area contributed by atoms with Crippen LogP contribution in [0.25, 0.3) is 0 Å². The Balaban J connectivity index is 2.35. The van der Waals surface area contributed by atoms with Gasteiger partial charge in [0.1, 0.15) is 16.5 Å². The fraction of sp³-hybridized carbons (Fsp3) is 0.231. The fourth-order valence-corrected chi connectivity index (χ4v) is 2.64. The van der Waals surface area contributed by atoms with E-state index in [1.54, 1.807) is 11.8 Å². The van der Waals surface area contributed by atoms with E-state index in [4.69, 9.17) is 11.6 Å². The third-order valence-electron chi connectivity index (χ3n) is 2.51. The van der Waals surface area contributed by atoms with Gasteiger partial charge in [-0.2, -0.15) is 0 Å². The minimum Gasteiger partial charge on any atom is -0.229 e. The van der Waals surface area contributed by atoms with E-state index >= 15 is 0 Å². The summed E-state index contributed by atoms with van der Waals surface area (Å²) in [4.78, 5) is 9.43. The predicted octanol–water partition coefficient (Wildman–Crippen LogP) is 4.21. The molecule has 1 aromatic heterocycles. The SMILES string of the molecule is Cc1ccc(Sc2ncnc(Cl)c2C)c(C)c1. The van der Waals surface area contributed by atoms with Gasteiger partial charge in [0, 0.05) is 10.5 Å². The summed E-state index contributed by atoms with van der Waals surface area (Å²) in [7, 11) is 0. The summed E-state index contributed by atoms with van der Waals surface area (Å²) in [6.07, 6.45) is 1.50. The van der Waals surface area contributed by atoms with Crippen molar-refractivity contribution in [1.29, 1.82) is 0 Å². The van der Waals surface area contributed by atoms with Crippen LogP contribution in [0, 0.1) is 20.8 Å². The molecular formula is C13H13ClN2S. The first-order valence-electron chi connectivity index (χ1n) is 5.30. The highest BCUT2D eigenvalue weighted by atomic mass is 35.5. The zero-order valence-electron chi connectivity index (χ0n) is 9.99. The summed E-state index contributed by atoms with van der Waals surface area (Å²) in [5, 5.41) is 1.43. The standard InChI is InChI=1S/C13H13ClN2S/c1-8-4-5-11(9(2)6-8)17-13-10(3)12(14)15-7-16-13/h4-7H,1-3H3. The highest BCUT2D eigenvalue weighted by Crippen LogP contribution is 2.32. The quantitative estimate of drug-likeness (QED) is 0.760. The van der Waals surface area contributed by atoms with Crippen LogP contribution in [0.15, 0.2) is 34.4 Å². The van der Waals surface area contributed by atoms with Crippen molar-refractivity contribution in [1.82, 2.24) is 9.97 Å². The Hall–Kier alpha value is -1.06. The van der Waals surface area contributed by atoms with Crippen molar-refractivity contribution in [2.45, 2.75) is 30.7 Å². The van der Waals surface area contributed by atoms with Gasteiger partial charge in [-0.25, -0.2) is 9.97 Å². The molecule has 0 saturated carbocycles. The number of hydrogen-bond acceptors (Lipinski definition) is 3. The number of nitrogens with zero attached hydrogens (tertiary/aromatic N) is 2. The van der Waals surface area contributed by atoms with Crippen molar-refractivity contribution in [3.8, 4) is 0 Å². The molecule has 0 N–H and O–H groups in total. The van der Waals surface area contributed by atoms with Crippen molar-refractivity contribution in [3.05, 3.63) is 46.4 Å². The molecule has 4 heteroatoms. The zero-order chi connectivity index (χ0) is 12.4. The maximum Gasteiger partial charge on any atom is 0.136 e. The molecule has 2 nitrogen and oxygen atoms in total. The first kappa shape index (κ1) is 12.4. The van der Waals surface area contributed by atoms with E-state index in [0.29, 0.717) is 5.15 Å². The van der Waals surface area contributed by atoms with Crippen LogP contribution in [0.5, 0.6) is 0 Å². The topological polar surface area (TPSA) is 25.8 Å². The maximum absolute atomic E-state index is 5.98. The largest absolute Gasteiger partial charge is 0.229 e. The van der Waals surface area contributed by atoms with E-state index < -0.39 is 0 Å². The summed E-state index contributed by atoms with van der Waals surface area (Å²) in [6, 6.07) is 6.39. The van der Waals surface area contributed by atoms with E-state index in [-0.39, 0.29) is 0 Å². The lowest BCUT2D eigenvalue weighted by atomic mass is 10.2. The molecule has 2 aromatic rings. The van der Waals surface area contributed by atoms with Gasteiger partial charge in [0.25, 0.3) is 0 Å². The van der Waals surface area contributed by atoms with Crippen molar-refractivity contribution >= 4 is 23.4 Å². The number of rotatable bonds is 2. The Labute approximate surface area is 110 Å². The van der Waals surface area contributed by atoms with Gasteiger partial charge in [0.2, 0.25) is 0 Å². The summed E-state index contributed by atoms with van der Waals surface area (Å²) in [5.74, 6) is 0. The van der Waals surface area contributed by atoms with Crippen LogP contribution >= 0.6 is 23.4 Å². The van der Waals surface area contributed by atoms with Crippen LogP contribution in [0.4, 0.5) is 0 Å². The molecule has 1 heterocycles. The van der Waals surface area contributed by atoms with Crippen LogP contribution < -0.4 is 0 Å². The molecule has 0 aliphatic rings. The molecule has 17 heavy (non-hydrogen) atoms. The maximum atomic E-state index is 5.98. The van der Waals surface area contributed by atoms with Crippen molar-refractivity contribution in [2.24, 2.45) is 0 Å². The summed E-state index contributed by atoms with van der Waals surface area (Å²) < 4.78 is 0. The van der Waals surface area contributed by atoms with Gasteiger partial charge in [0.05, 0.1) is 0 Å². The average Bonchev–Trinajstić information content (AvgIpc) is 2.28. The third-order valence-corrected chi connectivity index (χ3v) is 4.18. The average molecular weight is 265 g/mol. The number of benzene rings is 1. The lowest BCUT2D eigenvalue weighted by molar-refractivity contribution is 1.00. The first-order chi connectivity index (χ1) is 8.08. The molecule has 2 rings (SSSR count). The second-order valence-electron chi connectivity index (χ2n) is 3.97. The highest BCUT2D eigenvalue weighted by Gasteiger charge is 2.08. The van der Waals surface area contributed by atoms with Gasteiger partial charge in [-0.1, -0.05) is 41.1 Å². The molecule has 88 valence electrons. The molecule has 0 fully saturated rings. The predicted molar refractivity (Wildman–Crippen MR) is 71.8 cm³/mol. The molecule has 0 amide bonds. The number of aromatic nitrogens is 2. The molecule has 1 aromatic carbocycles. The zero-order valence-corrected chi connectivity index (χ0v) is 11.6. The lowest BCUT2D eigenvalue weighted by Gasteiger charge is -2.08. The van der Waals surface area contributed by atoms with Crippen LogP contribution in [0.2, 0.25) is 5.15 Å². The van der Waals surface area contributed by atoms with E-state index in [1.807, 2.05) is 6.92 Å². The minimum atomic E-state index is 0.521. The molecular weight excluding hydrogens is 252 g/mol. The Bertz CT molecular complexity index is 555. The summed E-state index contributed by atoms with van der Waals surface area (Å²) in [5.41, 5.74) is 3.45. The molecule has 0 radical (unpaired) electrons. The summed E-state index contributed by atoms with van der Waals surface area (Å²) in [6.45, 7) is 6.13. The molecule has 0 aliphatic heterocycles. The van der Waals surface area contributed by atoms with Crippen molar-refractivity contribution in [3.63, 3.8) is 0 Å². The van der Waals surface area contributed by atoms with Crippen molar-refractivity contribution in [2.75, 3.05) is 0 Å². The monoisotopic (exact) mass is 264 g/mol. The molecule has 0 aliphatic carbocycles. The van der Waals surface area contributed by atoms with Crippen LogP contribution in [0.3, 0.4) is 0 Å². The van der Waals surface area contributed by atoms with Gasteiger partial charge in [-0.3, -0.25) is 0 Å². The number of halogens is 1. The fourth-order valence-electron chi connectivity index (χ4n) is 1.53. The Morgan fingerprint density at radius 1 is 1.12 bits per heavy atom. The van der Waals surface area contributed by atoms with E-state index in [2.05, 4.69) is 42.0 Å². The lowest BCUT2D eigenvalue weighted by Crippen LogP contribution is -1.90. The molecule has 0 unspecified atom stereocenters.